The molecule has 2 aliphatic heterocycles. The van der Waals surface area contributed by atoms with Crippen LogP contribution >= 0.6 is 11.3 Å². The molecule has 52 heavy (non-hydrogen) atoms. The summed E-state index contributed by atoms with van der Waals surface area (Å²) in [5.41, 5.74) is 0.515. The fourth-order valence-electron chi connectivity index (χ4n) is 7.09. The van der Waals surface area contributed by atoms with Crippen molar-refractivity contribution in [2.24, 2.45) is 5.92 Å². The summed E-state index contributed by atoms with van der Waals surface area (Å²) >= 11 is 1.48. The summed E-state index contributed by atoms with van der Waals surface area (Å²) < 4.78 is 39.9. The molecule has 2 aromatic heterocycles. The number of benzene rings is 1. The van der Waals surface area contributed by atoms with Gasteiger partial charge in [-0.2, -0.15) is 0 Å². The number of anilines is 1. The molecule has 3 N–H and O–H groups in total. The summed E-state index contributed by atoms with van der Waals surface area (Å²) in [5.74, 6) is -0.567. The smallest absolute Gasteiger partial charge is 0.259 e. The molecule has 0 radical (unpaired) electrons. The molecule has 3 fully saturated rings. The Balaban J connectivity index is 1.17. The van der Waals surface area contributed by atoms with Crippen molar-refractivity contribution in [2.45, 2.75) is 107 Å². The topological polar surface area (TPSA) is 169 Å². The average molecular weight is 751 g/mol. The summed E-state index contributed by atoms with van der Waals surface area (Å²) in [4.78, 5) is 52.7. The molecule has 2 aliphatic carbocycles. The number of hydrogen-bond donors (Lipinski definition) is 3. The van der Waals surface area contributed by atoms with E-state index in [0.717, 1.165) is 36.2 Å². The molecule has 0 bridgehead atoms. The first-order chi connectivity index (χ1) is 25.0. The molecular formula is C37H46N6O7S2. The number of aromatic nitrogens is 2. The van der Waals surface area contributed by atoms with Crippen LogP contribution in [0.3, 0.4) is 0 Å². The second kappa shape index (κ2) is 14.6. The molecule has 2 saturated carbocycles. The third-order valence-electron chi connectivity index (χ3n) is 10.2. The molecule has 15 heteroatoms. The van der Waals surface area contributed by atoms with Crippen LogP contribution in [0.15, 0.2) is 41.8 Å². The molecule has 0 spiro atoms. The third-order valence-corrected chi connectivity index (χ3v) is 12.8. The molecule has 278 valence electrons. The van der Waals surface area contributed by atoms with Gasteiger partial charge in [0, 0.05) is 47.7 Å². The average Bonchev–Trinajstić information content (AvgIpc) is 3.99. The number of sulfonamides is 1. The Bertz CT molecular complexity index is 1990. The Labute approximate surface area is 308 Å². The van der Waals surface area contributed by atoms with Crippen molar-refractivity contribution in [3.63, 3.8) is 0 Å². The summed E-state index contributed by atoms with van der Waals surface area (Å²) in [6.45, 7) is 4.26. The molecule has 4 atom stereocenters. The zero-order chi connectivity index (χ0) is 36.6. The van der Waals surface area contributed by atoms with Gasteiger partial charge < -0.3 is 25.0 Å². The van der Waals surface area contributed by atoms with Crippen LogP contribution in [0.2, 0.25) is 0 Å². The molecule has 13 nitrogen and oxygen atoms in total. The highest BCUT2D eigenvalue weighted by Crippen LogP contribution is 2.46. The lowest BCUT2D eigenvalue weighted by Crippen LogP contribution is -2.56. The molecular weight excluding hydrogens is 705 g/mol. The lowest BCUT2D eigenvalue weighted by molar-refractivity contribution is -0.139. The van der Waals surface area contributed by atoms with Crippen LogP contribution in [-0.2, 0) is 24.4 Å². The minimum absolute atomic E-state index is 0.154. The number of pyridine rings is 1. The van der Waals surface area contributed by atoms with Gasteiger partial charge in [-0.05, 0) is 64.5 Å². The second-order valence-corrected chi connectivity index (χ2v) is 17.4. The highest BCUT2D eigenvalue weighted by Gasteiger charge is 2.62. The number of hydrogen-bond acceptors (Lipinski definition) is 11. The SMILES string of the molecule is COc1ccc2c(OC3CC4C(=O)NC5(C(=O)NS(=O)(=O)C6CC6)CC5/C=C/CCCCCCC(=O)N4C3)cc(-c3csc(NC(C)C)n3)nc2c1. The fourth-order valence-corrected chi connectivity index (χ4v) is 9.30. The maximum Gasteiger partial charge on any atom is 0.259 e. The highest BCUT2D eigenvalue weighted by molar-refractivity contribution is 7.91. The van der Waals surface area contributed by atoms with Crippen LogP contribution < -0.4 is 24.8 Å². The van der Waals surface area contributed by atoms with E-state index >= 15 is 0 Å². The number of ether oxygens (including phenoxy) is 2. The summed E-state index contributed by atoms with van der Waals surface area (Å²) in [7, 11) is -2.24. The van der Waals surface area contributed by atoms with Crippen molar-refractivity contribution >= 4 is 55.1 Å². The van der Waals surface area contributed by atoms with Crippen molar-refractivity contribution in [1.82, 2.24) is 24.9 Å². The minimum Gasteiger partial charge on any atom is -0.497 e. The zero-order valence-electron chi connectivity index (χ0n) is 29.7. The van der Waals surface area contributed by atoms with Gasteiger partial charge in [-0.1, -0.05) is 25.0 Å². The first-order valence-electron chi connectivity index (χ1n) is 18.2. The maximum absolute atomic E-state index is 14.2. The first-order valence-corrected chi connectivity index (χ1v) is 20.6. The summed E-state index contributed by atoms with van der Waals surface area (Å²) in [6.07, 6.45) is 9.43. The number of carbonyl (C=O) groups is 3. The molecule has 4 aliphatic rings. The van der Waals surface area contributed by atoms with E-state index < -0.39 is 44.8 Å². The number of nitrogens with one attached hydrogen (secondary N) is 3. The lowest BCUT2D eigenvalue weighted by atomic mass is 10.1. The van der Waals surface area contributed by atoms with E-state index in [-0.39, 0.29) is 37.3 Å². The predicted octanol–water partition coefficient (Wildman–Crippen LogP) is 4.93. The Morgan fingerprint density at radius 1 is 1.10 bits per heavy atom. The molecule has 3 aromatic rings. The number of fused-ring (bicyclic) bond motifs is 3. The second-order valence-electron chi connectivity index (χ2n) is 14.6. The molecule has 3 amide bonds. The molecule has 1 aromatic carbocycles. The van der Waals surface area contributed by atoms with E-state index in [0.29, 0.717) is 54.1 Å². The number of methoxy groups -OCH3 is 1. The number of rotatable bonds is 9. The first kappa shape index (κ1) is 36.1. The van der Waals surface area contributed by atoms with Crippen molar-refractivity contribution in [2.75, 3.05) is 19.0 Å². The van der Waals surface area contributed by atoms with Crippen LogP contribution in [0.4, 0.5) is 5.13 Å². The number of thiazole rings is 1. The lowest BCUT2D eigenvalue weighted by Gasteiger charge is -2.26. The zero-order valence-corrected chi connectivity index (χ0v) is 31.4. The summed E-state index contributed by atoms with van der Waals surface area (Å²) in [5, 5.41) is 9.11. The number of nitrogens with zero attached hydrogens (tertiary/aromatic N) is 3. The van der Waals surface area contributed by atoms with Gasteiger partial charge in [0.15, 0.2) is 5.13 Å². The van der Waals surface area contributed by atoms with E-state index in [1.165, 1.54) is 11.3 Å². The van der Waals surface area contributed by atoms with E-state index in [2.05, 4.69) is 15.4 Å². The van der Waals surface area contributed by atoms with Crippen molar-refractivity contribution in [3.8, 4) is 22.9 Å². The molecule has 1 saturated heterocycles. The molecule has 7 rings (SSSR count). The minimum atomic E-state index is -3.83. The Kier molecular flexibility index (Phi) is 10.2. The van der Waals surface area contributed by atoms with Gasteiger partial charge in [0.25, 0.3) is 5.91 Å². The van der Waals surface area contributed by atoms with E-state index in [4.69, 9.17) is 19.4 Å². The van der Waals surface area contributed by atoms with E-state index in [9.17, 15) is 22.8 Å². The van der Waals surface area contributed by atoms with Gasteiger partial charge in [0.05, 0.1) is 30.1 Å². The number of allylic oxidation sites excluding steroid dienone is 1. The molecule has 4 unspecified atom stereocenters. The standard InChI is InChI=1S/C37H46N6O7S2/c1-22(2)38-36-40-30(21-51-36)29-18-32(27-15-12-24(49-3)16-28(27)39-29)50-25-17-31-34(45)41-37(35(46)42-52(47,48)26-13-14-26)19-23(37)10-8-6-4-5-7-9-11-33(44)43(31)20-25/h8,10,12,15-16,18,21-23,25-26,31H,4-7,9,11,13-14,17,19-20H2,1-3H3,(H,38,40)(H,41,45)(H,42,46)/b10-8+. The number of amides is 3. The monoisotopic (exact) mass is 750 g/mol. The Morgan fingerprint density at radius 2 is 1.90 bits per heavy atom. The Hall–Kier alpha value is -4.24. The van der Waals surface area contributed by atoms with Crippen LogP contribution in [0, 0.1) is 5.92 Å². The highest BCUT2D eigenvalue weighted by atomic mass is 32.2. The van der Waals surface area contributed by atoms with Crippen molar-refractivity contribution in [3.05, 3.63) is 41.8 Å². The predicted molar refractivity (Wildman–Crippen MR) is 199 cm³/mol. The van der Waals surface area contributed by atoms with Gasteiger partial charge in [-0.3, -0.25) is 19.1 Å². The van der Waals surface area contributed by atoms with Crippen LogP contribution in [-0.4, -0.2) is 83.6 Å². The molecule has 4 heterocycles. The largest absolute Gasteiger partial charge is 0.497 e. The maximum atomic E-state index is 14.2. The van der Waals surface area contributed by atoms with Crippen LogP contribution in [0.5, 0.6) is 11.5 Å². The van der Waals surface area contributed by atoms with Gasteiger partial charge in [-0.25, -0.2) is 18.4 Å². The summed E-state index contributed by atoms with van der Waals surface area (Å²) in [6, 6.07) is 6.67. The van der Waals surface area contributed by atoms with Crippen molar-refractivity contribution < 1.29 is 32.3 Å². The van der Waals surface area contributed by atoms with Gasteiger partial charge in [0.2, 0.25) is 21.8 Å². The number of carbonyl (C=O) groups excluding carboxylic acids is 3. The van der Waals surface area contributed by atoms with Gasteiger partial charge >= 0.3 is 0 Å². The van der Waals surface area contributed by atoms with Crippen LogP contribution in [0.1, 0.15) is 78.1 Å². The van der Waals surface area contributed by atoms with Crippen LogP contribution in [0.25, 0.3) is 22.3 Å². The normalized spacial score (nSPS) is 26.1. The van der Waals surface area contributed by atoms with Crippen molar-refractivity contribution in [1.29, 1.82) is 0 Å². The third kappa shape index (κ3) is 7.75. The fraction of sp³-hybridized carbons (Fsp3) is 0.541. The van der Waals surface area contributed by atoms with Gasteiger partial charge in [0.1, 0.15) is 34.9 Å². The Morgan fingerprint density at radius 3 is 2.67 bits per heavy atom. The van der Waals surface area contributed by atoms with Gasteiger partial charge in [-0.15, -0.1) is 11.3 Å². The quantitative estimate of drug-likeness (QED) is 0.255. The van der Waals surface area contributed by atoms with E-state index in [1.807, 2.05) is 55.6 Å². The van der Waals surface area contributed by atoms with E-state index in [1.54, 1.807) is 12.0 Å².